The van der Waals surface area contributed by atoms with E-state index in [9.17, 15) is 4.79 Å². The van der Waals surface area contributed by atoms with Crippen molar-refractivity contribution in [3.8, 4) is 0 Å². The molecule has 0 amide bonds. The zero-order valence-corrected chi connectivity index (χ0v) is 9.47. The topological polar surface area (TPSA) is 46.9 Å². The van der Waals surface area contributed by atoms with Crippen molar-refractivity contribution >= 4 is 11.0 Å². The summed E-state index contributed by atoms with van der Waals surface area (Å²) < 4.78 is 1.51. The number of nitrogens with zero attached hydrogens (tertiary/aromatic N) is 2. The van der Waals surface area contributed by atoms with E-state index in [1.807, 2.05) is 12.1 Å². The molecule has 0 unspecified atom stereocenters. The Morgan fingerprint density at radius 3 is 2.94 bits per heavy atom. The van der Waals surface area contributed by atoms with Crippen LogP contribution in [-0.4, -0.2) is 16.2 Å². The molecule has 4 nitrogen and oxygen atoms in total. The van der Waals surface area contributed by atoms with Crippen molar-refractivity contribution in [3.63, 3.8) is 0 Å². The van der Waals surface area contributed by atoms with Gasteiger partial charge in [0.15, 0.2) is 5.65 Å². The highest BCUT2D eigenvalue weighted by Crippen LogP contribution is 2.06. The Bertz CT molecular complexity index is 545. The quantitative estimate of drug-likeness (QED) is 0.849. The molecule has 0 aliphatic rings. The highest BCUT2D eigenvalue weighted by atomic mass is 16.1. The van der Waals surface area contributed by atoms with Gasteiger partial charge in [-0.3, -0.25) is 4.79 Å². The van der Waals surface area contributed by atoms with Gasteiger partial charge >= 0.3 is 0 Å². The normalized spacial score (nSPS) is 10.9. The molecular weight excluding hydrogens is 202 g/mol. The second-order valence-corrected chi connectivity index (χ2v) is 4.18. The third kappa shape index (κ3) is 2.05. The number of nitrogens with one attached hydrogen (secondary N) is 1. The lowest BCUT2D eigenvalue weighted by Crippen LogP contribution is -2.31. The van der Waals surface area contributed by atoms with Gasteiger partial charge in [-0.2, -0.15) is 0 Å². The maximum absolute atomic E-state index is 11.7. The Morgan fingerprint density at radius 1 is 1.38 bits per heavy atom. The second-order valence-electron chi connectivity index (χ2n) is 4.18. The summed E-state index contributed by atoms with van der Waals surface area (Å²) in [7, 11) is 0. The van der Waals surface area contributed by atoms with Crippen molar-refractivity contribution in [2.24, 2.45) is 5.92 Å². The van der Waals surface area contributed by atoms with E-state index in [1.165, 1.54) is 4.68 Å². The highest BCUT2D eigenvalue weighted by molar-refractivity contribution is 5.74. The Hall–Kier alpha value is -1.84. The molecule has 0 aliphatic heterocycles. The number of rotatable bonds is 3. The lowest BCUT2D eigenvalue weighted by molar-refractivity contribution is 0.639. The van der Waals surface area contributed by atoms with Gasteiger partial charge < -0.3 is 5.43 Å². The van der Waals surface area contributed by atoms with Gasteiger partial charge in [0, 0.05) is 24.2 Å². The molecule has 0 spiro atoms. The zero-order chi connectivity index (χ0) is 11.5. The van der Waals surface area contributed by atoms with Crippen molar-refractivity contribution in [1.29, 1.82) is 0 Å². The monoisotopic (exact) mass is 217 g/mol. The van der Waals surface area contributed by atoms with E-state index >= 15 is 0 Å². The molecule has 1 N–H and O–H groups in total. The molecule has 0 aliphatic carbocycles. The van der Waals surface area contributed by atoms with Gasteiger partial charge in [0.1, 0.15) is 0 Å². The van der Waals surface area contributed by atoms with E-state index in [-0.39, 0.29) is 5.56 Å². The molecule has 0 radical (unpaired) electrons. The number of hydrogen-bond acceptors (Lipinski definition) is 3. The van der Waals surface area contributed by atoms with Crippen molar-refractivity contribution in [2.45, 2.75) is 13.8 Å². The maximum atomic E-state index is 11.7. The summed E-state index contributed by atoms with van der Waals surface area (Å²) in [6, 6.07) is 7.14. The first kappa shape index (κ1) is 10.7. The fraction of sp³-hybridized carbons (Fsp3) is 0.333. The van der Waals surface area contributed by atoms with E-state index in [0.29, 0.717) is 11.6 Å². The number of aromatic nitrogens is 2. The molecular formula is C12H15N3O. The standard InChI is InChI=1S/C12H15N3O/c1-9(2)8-14-15-11(16)6-5-10-4-3-7-13-12(10)15/h3-7,9,14H,8H2,1-2H3. The van der Waals surface area contributed by atoms with Crippen molar-refractivity contribution in [1.82, 2.24) is 9.66 Å². The average Bonchev–Trinajstić information content (AvgIpc) is 2.27. The molecule has 0 saturated carbocycles. The molecule has 84 valence electrons. The Morgan fingerprint density at radius 2 is 2.19 bits per heavy atom. The lowest BCUT2D eigenvalue weighted by Gasteiger charge is -2.13. The minimum atomic E-state index is -0.0770. The van der Waals surface area contributed by atoms with Crippen molar-refractivity contribution < 1.29 is 0 Å². The van der Waals surface area contributed by atoms with Crippen LogP contribution in [0, 0.1) is 5.92 Å². The molecule has 16 heavy (non-hydrogen) atoms. The first-order chi connectivity index (χ1) is 7.68. The molecule has 2 aromatic heterocycles. The summed E-state index contributed by atoms with van der Waals surface area (Å²) in [5, 5.41) is 0.957. The molecule has 0 atom stereocenters. The second kappa shape index (κ2) is 4.35. The van der Waals surface area contributed by atoms with Crippen LogP contribution in [0.5, 0.6) is 0 Å². The first-order valence-electron chi connectivity index (χ1n) is 5.39. The van der Waals surface area contributed by atoms with Crippen LogP contribution < -0.4 is 11.0 Å². The van der Waals surface area contributed by atoms with Gasteiger partial charge in [0.05, 0.1) is 0 Å². The van der Waals surface area contributed by atoms with Gasteiger partial charge in [-0.05, 0) is 24.1 Å². The summed E-state index contributed by atoms with van der Waals surface area (Å²) in [5.74, 6) is 0.478. The van der Waals surface area contributed by atoms with E-state index in [1.54, 1.807) is 18.3 Å². The summed E-state index contributed by atoms with van der Waals surface area (Å²) in [5.41, 5.74) is 3.70. The molecule has 0 bridgehead atoms. The maximum Gasteiger partial charge on any atom is 0.270 e. The van der Waals surface area contributed by atoms with Gasteiger partial charge in [0.25, 0.3) is 5.56 Å². The van der Waals surface area contributed by atoms with Crippen LogP contribution in [0.15, 0.2) is 35.3 Å². The smallest absolute Gasteiger partial charge is 0.270 e. The number of hydrogen-bond donors (Lipinski definition) is 1. The van der Waals surface area contributed by atoms with Crippen LogP contribution in [0.2, 0.25) is 0 Å². The molecule has 2 rings (SSSR count). The van der Waals surface area contributed by atoms with E-state index < -0.39 is 0 Å². The molecule has 0 saturated heterocycles. The molecule has 0 aromatic carbocycles. The van der Waals surface area contributed by atoms with Gasteiger partial charge in [-0.15, -0.1) is 0 Å². The van der Waals surface area contributed by atoms with Crippen LogP contribution in [0.25, 0.3) is 11.0 Å². The highest BCUT2D eigenvalue weighted by Gasteiger charge is 2.03. The predicted octanol–water partition coefficient (Wildman–Crippen LogP) is 1.60. The van der Waals surface area contributed by atoms with Crippen LogP contribution in [0.4, 0.5) is 0 Å². The fourth-order valence-corrected chi connectivity index (χ4v) is 1.49. The first-order valence-corrected chi connectivity index (χ1v) is 5.39. The Balaban J connectivity index is 2.49. The molecule has 2 heterocycles. The van der Waals surface area contributed by atoms with Crippen LogP contribution >= 0.6 is 0 Å². The molecule has 4 heteroatoms. The minimum absolute atomic E-state index is 0.0770. The van der Waals surface area contributed by atoms with E-state index in [0.717, 1.165) is 11.9 Å². The molecule has 0 fully saturated rings. The number of pyridine rings is 2. The van der Waals surface area contributed by atoms with Crippen LogP contribution in [0.1, 0.15) is 13.8 Å². The van der Waals surface area contributed by atoms with E-state index in [4.69, 9.17) is 0 Å². The summed E-state index contributed by atoms with van der Waals surface area (Å²) in [4.78, 5) is 15.9. The van der Waals surface area contributed by atoms with E-state index in [2.05, 4.69) is 24.3 Å². The third-order valence-electron chi connectivity index (χ3n) is 2.31. The zero-order valence-electron chi connectivity index (χ0n) is 9.47. The predicted molar refractivity (Wildman–Crippen MR) is 65.1 cm³/mol. The van der Waals surface area contributed by atoms with Gasteiger partial charge in [-0.1, -0.05) is 13.8 Å². The Labute approximate surface area is 93.9 Å². The summed E-state index contributed by atoms with van der Waals surface area (Å²) in [6.07, 6.45) is 1.69. The Kier molecular flexibility index (Phi) is 2.90. The van der Waals surface area contributed by atoms with Crippen molar-refractivity contribution in [3.05, 3.63) is 40.8 Å². The number of fused-ring (bicyclic) bond motifs is 1. The SMILES string of the molecule is CC(C)CNn1c(=O)ccc2cccnc21. The largest absolute Gasteiger partial charge is 0.321 e. The van der Waals surface area contributed by atoms with Crippen LogP contribution in [0.3, 0.4) is 0 Å². The van der Waals surface area contributed by atoms with Crippen molar-refractivity contribution in [2.75, 3.05) is 12.0 Å². The lowest BCUT2D eigenvalue weighted by atomic mass is 10.2. The fourth-order valence-electron chi connectivity index (χ4n) is 1.49. The average molecular weight is 217 g/mol. The minimum Gasteiger partial charge on any atom is -0.321 e. The van der Waals surface area contributed by atoms with Gasteiger partial charge in [-0.25, -0.2) is 9.66 Å². The molecule has 2 aromatic rings. The third-order valence-corrected chi connectivity index (χ3v) is 2.31. The van der Waals surface area contributed by atoms with Gasteiger partial charge in [0.2, 0.25) is 0 Å². The summed E-state index contributed by atoms with van der Waals surface area (Å²) >= 11 is 0. The summed E-state index contributed by atoms with van der Waals surface area (Å²) in [6.45, 7) is 4.93. The van der Waals surface area contributed by atoms with Crippen LogP contribution in [-0.2, 0) is 0 Å².